The minimum absolute atomic E-state index is 0.304. The molecule has 2 rings (SSSR count). The lowest BCUT2D eigenvalue weighted by Crippen LogP contribution is -2.24. The van der Waals surface area contributed by atoms with Gasteiger partial charge in [-0.25, -0.2) is 15.1 Å². The van der Waals surface area contributed by atoms with E-state index in [9.17, 15) is 14.5 Å². The fourth-order valence-electron chi connectivity index (χ4n) is 1.32. The van der Waals surface area contributed by atoms with Crippen LogP contribution in [0.5, 0.6) is 0 Å². The normalized spacial score (nSPS) is 18.1. The Morgan fingerprint density at radius 2 is 2.44 bits per heavy atom. The molecule has 6 nitrogen and oxygen atoms in total. The van der Waals surface area contributed by atoms with Gasteiger partial charge in [-0.2, -0.15) is 4.39 Å². The Bertz CT molecular complexity index is 436. The highest BCUT2D eigenvalue weighted by atomic mass is 32.2. The van der Waals surface area contributed by atoms with Crippen LogP contribution in [0.4, 0.5) is 10.1 Å². The molecule has 0 bridgehead atoms. The van der Waals surface area contributed by atoms with Crippen molar-refractivity contribution in [3.05, 3.63) is 34.4 Å². The van der Waals surface area contributed by atoms with Crippen LogP contribution in [-0.2, 0) is 0 Å². The molecule has 0 N–H and O–H groups in total. The molecule has 2 heterocycles. The van der Waals surface area contributed by atoms with Crippen molar-refractivity contribution in [2.75, 3.05) is 17.2 Å². The van der Waals surface area contributed by atoms with E-state index in [2.05, 4.69) is 10.1 Å². The van der Waals surface area contributed by atoms with Gasteiger partial charge < -0.3 is 4.90 Å². The molecule has 1 aliphatic rings. The van der Waals surface area contributed by atoms with E-state index < -0.39 is 11.0 Å². The van der Waals surface area contributed by atoms with Crippen molar-refractivity contribution in [2.45, 2.75) is 0 Å². The van der Waals surface area contributed by atoms with Crippen molar-refractivity contribution in [1.29, 1.82) is 0 Å². The number of amidine groups is 1. The summed E-state index contributed by atoms with van der Waals surface area (Å²) < 4.78 is 12.6. The van der Waals surface area contributed by atoms with Crippen LogP contribution in [-0.4, -0.2) is 27.5 Å². The Labute approximate surface area is 94.3 Å². The van der Waals surface area contributed by atoms with E-state index in [0.717, 1.165) is 0 Å². The SMILES string of the molecule is O=[N+]([O-])N=C1SCCN1c1ccc(F)nc1. The molecule has 0 unspecified atom stereocenters. The summed E-state index contributed by atoms with van der Waals surface area (Å²) in [5.41, 5.74) is 0.604. The zero-order valence-corrected chi connectivity index (χ0v) is 8.85. The number of anilines is 1. The average Bonchev–Trinajstić information content (AvgIpc) is 2.66. The third-order valence-corrected chi connectivity index (χ3v) is 2.91. The summed E-state index contributed by atoms with van der Waals surface area (Å²) in [4.78, 5) is 15.4. The molecule has 1 aliphatic heterocycles. The summed E-state index contributed by atoms with van der Waals surface area (Å²) in [6.45, 7) is 0.602. The second-order valence-corrected chi connectivity index (χ2v) is 4.02. The zero-order chi connectivity index (χ0) is 11.5. The van der Waals surface area contributed by atoms with Crippen LogP contribution in [0, 0.1) is 16.1 Å². The zero-order valence-electron chi connectivity index (χ0n) is 8.04. The number of pyridine rings is 1. The fourth-order valence-corrected chi connectivity index (χ4v) is 2.26. The van der Waals surface area contributed by atoms with Crippen LogP contribution >= 0.6 is 11.8 Å². The molecule has 1 saturated heterocycles. The topological polar surface area (TPSA) is 71.6 Å². The van der Waals surface area contributed by atoms with Gasteiger partial charge in [0.25, 0.3) is 0 Å². The number of nitro groups is 1. The van der Waals surface area contributed by atoms with Gasteiger partial charge >= 0.3 is 0 Å². The molecule has 0 spiro atoms. The van der Waals surface area contributed by atoms with Crippen molar-refractivity contribution in [2.24, 2.45) is 5.10 Å². The molecule has 16 heavy (non-hydrogen) atoms. The summed E-state index contributed by atoms with van der Waals surface area (Å²) in [6.07, 6.45) is 1.33. The van der Waals surface area contributed by atoms with Crippen LogP contribution in [0.15, 0.2) is 23.4 Å². The first-order chi connectivity index (χ1) is 7.66. The van der Waals surface area contributed by atoms with Gasteiger partial charge in [0, 0.05) is 12.3 Å². The van der Waals surface area contributed by atoms with E-state index in [1.54, 1.807) is 4.90 Å². The number of hydrogen-bond acceptors (Lipinski definition) is 4. The summed E-state index contributed by atoms with van der Waals surface area (Å²) in [7, 11) is 0. The minimum atomic E-state index is -0.738. The summed E-state index contributed by atoms with van der Waals surface area (Å²) >= 11 is 1.29. The van der Waals surface area contributed by atoms with Gasteiger partial charge in [0.05, 0.1) is 17.0 Å². The van der Waals surface area contributed by atoms with E-state index in [1.165, 1.54) is 30.1 Å². The summed E-state index contributed by atoms with van der Waals surface area (Å²) in [5.74, 6) is 0.132. The highest BCUT2D eigenvalue weighted by molar-refractivity contribution is 8.14. The number of hydrazone groups is 1. The number of rotatable bonds is 2. The van der Waals surface area contributed by atoms with Crippen LogP contribution in [0.1, 0.15) is 0 Å². The van der Waals surface area contributed by atoms with Crippen molar-refractivity contribution < 1.29 is 9.42 Å². The maximum absolute atomic E-state index is 12.6. The number of aromatic nitrogens is 1. The van der Waals surface area contributed by atoms with Crippen molar-refractivity contribution in [3.63, 3.8) is 0 Å². The first-order valence-corrected chi connectivity index (χ1v) is 5.40. The number of halogens is 1. The standard InChI is InChI=1S/C8H7FN4O2S/c9-7-2-1-6(5-10-7)12-3-4-16-8(12)11-13(14)15/h1-2,5H,3-4H2. The molecule has 0 radical (unpaired) electrons. The molecule has 0 aliphatic carbocycles. The average molecular weight is 242 g/mol. The van der Waals surface area contributed by atoms with E-state index in [-0.39, 0.29) is 0 Å². The van der Waals surface area contributed by atoms with Gasteiger partial charge in [0.15, 0.2) is 5.03 Å². The van der Waals surface area contributed by atoms with Crippen LogP contribution in [0.3, 0.4) is 0 Å². The number of nitrogens with zero attached hydrogens (tertiary/aromatic N) is 4. The summed E-state index contributed by atoms with van der Waals surface area (Å²) in [5, 5.41) is 13.1. The number of thioether (sulfide) groups is 1. The maximum atomic E-state index is 12.6. The first-order valence-electron chi connectivity index (χ1n) is 4.42. The molecule has 84 valence electrons. The smallest absolute Gasteiger partial charge is 0.242 e. The van der Waals surface area contributed by atoms with E-state index in [4.69, 9.17) is 0 Å². The molecule has 0 saturated carbocycles. The second kappa shape index (κ2) is 4.44. The Kier molecular flexibility index (Phi) is 3.00. The molecular formula is C8H7FN4O2S. The largest absolute Gasteiger partial charge is 0.314 e. The van der Waals surface area contributed by atoms with Gasteiger partial charge in [-0.05, 0) is 12.1 Å². The molecule has 1 fully saturated rings. The Morgan fingerprint density at radius 3 is 3.06 bits per heavy atom. The van der Waals surface area contributed by atoms with Crippen molar-refractivity contribution in [1.82, 2.24) is 4.98 Å². The van der Waals surface area contributed by atoms with Crippen LogP contribution in [0.25, 0.3) is 0 Å². The van der Waals surface area contributed by atoms with Crippen molar-refractivity contribution >= 4 is 22.6 Å². The molecule has 1 aromatic heterocycles. The lowest BCUT2D eigenvalue weighted by molar-refractivity contribution is -0.484. The molecular weight excluding hydrogens is 235 g/mol. The molecule has 0 atom stereocenters. The van der Waals surface area contributed by atoms with Gasteiger partial charge in [0.1, 0.15) is 0 Å². The third kappa shape index (κ3) is 2.27. The molecule has 0 aromatic carbocycles. The lowest BCUT2D eigenvalue weighted by atomic mass is 10.4. The van der Waals surface area contributed by atoms with Gasteiger partial charge in [-0.15, -0.1) is 0 Å². The minimum Gasteiger partial charge on any atom is -0.314 e. The first kappa shape index (κ1) is 10.8. The second-order valence-electron chi connectivity index (χ2n) is 2.96. The predicted octanol–water partition coefficient (Wildman–Crippen LogP) is 1.32. The van der Waals surface area contributed by atoms with Crippen LogP contribution in [0.2, 0.25) is 0 Å². The Hall–Kier alpha value is -1.70. The van der Waals surface area contributed by atoms with Gasteiger partial charge in [-0.3, -0.25) is 0 Å². The molecule has 0 amide bonds. The van der Waals surface area contributed by atoms with Crippen LogP contribution < -0.4 is 4.90 Å². The Morgan fingerprint density at radius 1 is 1.62 bits per heavy atom. The van der Waals surface area contributed by atoms with E-state index in [0.29, 0.717) is 23.2 Å². The monoisotopic (exact) mass is 242 g/mol. The van der Waals surface area contributed by atoms with E-state index in [1.807, 2.05) is 0 Å². The molecule has 1 aromatic rings. The third-order valence-electron chi connectivity index (χ3n) is 1.97. The quantitative estimate of drug-likeness (QED) is 0.444. The highest BCUT2D eigenvalue weighted by Crippen LogP contribution is 2.24. The predicted molar refractivity (Wildman–Crippen MR) is 58.4 cm³/mol. The van der Waals surface area contributed by atoms with Gasteiger partial charge in [-0.1, -0.05) is 11.8 Å². The lowest BCUT2D eigenvalue weighted by Gasteiger charge is -2.14. The number of hydrogen-bond donors (Lipinski definition) is 0. The van der Waals surface area contributed by atoms with Crippen molar-refractivity contribution in [3.8, 4) is 0 Å². The molecule has 8 heteroatoms. The summed E-state index contributed by atoms with van der Waals surface area (Å²) in [6, 6.07) is 2.73. The Balaban J connectivity index is 2.26. The van der Waals surface area contributed by atoms with E-state index >= 15 is 0 Å². The van der Waals surface area contributed by atoms with Gasteiger partial charge in [0.2, 0.25) is 11.1 Å². The highest BCUT2D eigenvalue weighted by Gasteiger charge is 2.24. The fraction of sp³-hybridized carbons (Fsp3) is 0.250. The maximum Gasteiger partial charge on any atom is 0.242 e.